The first kappa shape index (κ1) is 124. The van der Waals surface area contributed by atoms with Gasteiger partial charge in [0.2, 0.25) is 47.3 Å². The fourth-order valence-electron chi connectivity index (χ4n) is 15.9. The van der Waals surface area contributed by atoms with E-state index in [0.717, 1.165) is 0 Å². The molecule has 4 aliphatic heterocycles. The Bertz CT molecular complexity index is 3870. The second kappa shape index (κ2) is 67.4. The summed E-state index contributed by atoms with van der Waals surface area (Å²) in [7, 11) is 7.17. The predicted molar refractivity (Wildman–Crippen MR) is 490 cm³/mol. The Labute approximate surface area is 831 Å². The number of ether oxygens (including phenoxy) is 6. The maximum Gasteiger partial charge on any atom is 0.319 e. The molecular weight excluding hydrogens is 1890 g/mol. The first-order chi connectivity index (χ1) is 67.9. The number of carbonyl (C=O) groups excluding carboxylic acids is 20. The van der Waals surface area contributed by atoms with Crippen LogP contribution in [-0.2, 0) is 124 Å². The Hall–Kier alpha value is -11.2. The molecule has 0 saturated carbocycles. The molecule has 0 radical (unpaired) electrons. The quantitative estimate of drug-likeness (QED) is 0.0207. The van der Waals surface area contributed by atoms with Crippen molar-refractivity contribution in [3.63, 3.8) is 0 Å². The van der Waals surface area contributed by atoms with E-state index in [-0.39, 0.29) is 249 Å². The summed E-state index contributed by atoms with van der Waals surface area (Å²) < 4.78 is 29.6. The van der Waals surface area contributed by atoms with Gasteiger partial charge in [-0.15, -0.1) is 0 Å². The Kier molecular flexibility index (Phi) is 58.5. The first-order valence-electron chi connectivity index (χ1n) is 47.3. The SMILES string of the molecule is COC(=O)CN1CCN(CC(=O)[O-])CCN([C@H](C)C(=O)NCC(=O)NCC(CNC(=O)CNC(=O)[C@@H](C)N2CCN(CC(=O)[O-])CCN(CC(=O)[O-])CCN(CC(=O)OC)CC2)(CNC(=O)CNC(=O)[C@@H](C)N2CCN(CC(=O)[O-])CCN(CC(=O)[O-])CCN(CC(=O)OC)CC2)CNC(=O)CNC(=O)[C@@H](C)N2CCN(CC(=O)[O-])CCN(CC(=O)OC)CCN(CC(=O)OC)CC2)CCN(CC(=O)OC)CC1. The van der Waals surface area contributed by atoms with Crippen LogP contribution in [0.1, 0.15) is 27.7 Å². The molecule has 56 nitrogen and oxygen atoms in total. The lowest BCUT2D eigenvalue weighted by Crippen LogP contribution is -2.59. The minimum atomic E-state index is -1.87. The van der Waals surface area contributed by atoms with E-state index in [9.17, 15) is 127 Å². The molecule has 0 aromatic rings. The Morgan fingerprint density at radius 1 is 0.203 bits per heavy atom. The molecule has 0 aliphatic carbocycles. The molecule has 812 valence electrons. The second-order valence-corrected chi connectivity index (χ2v) is 35.3. The third kappa shape index (κ3) is 51.7. The van der Waals surface area contributed by atoms with Gasteiger partial charge >= 0.3 is 35.8 Å². The third-order valence-corrected chi connectivity index (χ3v) is 25.1. The molecule has 143 heavy (non-hydrogen) atoms. The molecule has 0 aromatic carbocycles. The molecule has 4 fully saturated rings. The van der Waals surface area contributed by atoms with E-state index in [2.05, 4.69) is 42.5 Å². The van der Waals surface area contributed by atoms with Gasteiger partial charge in [0.1, 0.15) is 0 Å². The molecule has 4 aliphatic rings. The number of nitrogens with one attached hydrogen (secondary N) is 8. The molecule has 4 heterocycles. The van der Waals surface area contributed by atoms with Gasteiger partial charge in [-0.3, -0.25) is 146 Å². The average Bonchev–Trinajstić information content (AvgIpc) is 0.846. The highest BCUT2D eigenvalue weighted by Gasteiger charge is 2.37. The van der Waals surface area contributed by atoms with Crippen molar-refractivity contribution in [2.45, 2.75) is 51.9 Å². The van der Waals surface area contributed by atoms with Gasteiger partial charge in [0.05, 0.1) is 168 Å². The highest BCUT2D eigenvalue weighted by Crippen LogP contribution is 2.17. The number of aliphatic carboxylic acids is 6. The Morgan fingerprint density at radius 3 is 0.441 bits per heavy atom. The molecule has 8 amide bonds. The van der Waals surface area contributed by atoms with E-state index in [4.69, 9.17) is 28.4 Å². The summed E-state index contributed by atoms with van der Waals surface area (Å²) >= 11 is 0. The van der Waals surface area contributed by atoms with Crippen LogP contribution in [0, 0.1) is 5.41 Å². The largest absolute Gasteiger partial charge is 0.549 e. The summed E-state index contributed by atoms with van der Waals surface area (Å²) in [5.74, 6) is -18.9. The standard InChI is InChI=1S/C87H152N24O32/c1-63(108-35-27-98(49-73(120)121)13-11-96(47-71(116)117)15-21-104(31-39-108)55-79(130)140-7)83(134)88-43-67(112)92-59-87(60-93-68(113)44-89-84(135)64(2)109-36-28-99(50-74(122)123)14-12-97(48-72(118)119)16-22-105(32-40-109)56-80(131)141-8,61-94-69(114)45-90-85(136)65(3)110-37-29-100(51-75(124)125)17-19-102(53-77(128)138-5)23-25-106(33-41-110)57-81(132)142-9)62-95-70(115)46-91-86(137)66(4)111-38-30-101(52-76(126)127)18-20-103(54-78(129)139-6)24-26-107(34-42-111)58-82(133)143-10/h63-66H,11-62H2,1-10H3,(H,88,134)(H,89,135)(H,90,136)(H,91,137)(H,92,112)(H,93,113)(H,94,114)(H,95,115)(H,116,117)(H,118,119)(H,120,121)(H,122,123)(H,124,125)(H,126,127)/p-6/t63-,64-,65-,66-/m1/s1. The van der Waals surface area contributed by atoms with Gasteiger partial charge in [0, 0.05) is 280 Å². The van der Waals surface area contributed by atoms with E-state index < -0.39 is 240 Å². The van der Waals surface area contributed by atoms with E-state index in [0.29, 0.717) is 0 Å². The number of methoxy groups -OCH3 is 6. The van der Waals surface area contributed by atoms with Crippen molar-refractivity contribution in [1.29, 1.82) is 0 Å². The fraction of sp³-hybridized carbons (Fsp3) is 0.770. The van der Waals surface area contributed by atoms with Crippen molar-refractivity contribution in [2.24, 2.45) is 5.41 Å². The van der Waals surface area contributed by atoms with E-state index in [1.54, 1.807) is 58.8 Å². The lowest BCUT2D eigenvalue weighted by atomic mass is 9.86. The van der Waals surface area contributed by atoms with Crippen LogP contribution >= 0.6 is 0 Å². The van der Waals surface area contributed by atoms with Crippen LogP contribution < -0.4 is 73.2 Å². The lowest BCUT2D eigenvalue weighted by Gasteiger charge is -2.36. The van der Waals surface area contributed by atoms with Crippen molar-refractivity contribution in [3.8, 4) is 0 Å². The number of carboxylic acids is 6. The molecular formula is C87H146N24O32-6. The summed E-state index contributed by atoms with van der Waals surface area (Å²) in [6, 6.07) is -4.43. The van der Waals surface area contributed by atoms with Gasteiger partial charge < -0.3 is 130 Å². The lowest BCUT2D eigenvalue weighted by molar-refractivity contribution is -0.308. The number of hydrogen-bond acceptors (Lipinski definition) is 48. The number of hydrogen-bond donors (Lipinski definition) is 8. The summed E-state index contributed by atoms with van der Waals surface area (Å²) in [6.45, 7) is -2.10. The second-order valence-electron chi connectivity index (χ2n) is 35.3. The molecule has 0 spiro atoms. The summed E-state index contributed by atoms with van der Waals surface area (Å²) in [6.07, 6.45) is 0. The number of rotatable bonds is 48. The Morgan fingerprint density at radius 2 is 0.322 bits per heavy atom. The predicted octanol–water partition coefficient (Wildman–Crippen LogP) is -21.1. The zero-order valence-electron chi connectivity index (χ0n) is 83.8. The van der Waals surface area contributed by atoms with Gasteiger partial charge in [-0.1, -0.05) is 0 Å². The molecule has 0 unspecified atom stereocenters. The van der Waals surface area contributed by atoms with Crippen LogP contribution in [-0.4, -0.2) is 604 Å². The normalized spacial score (nSPS) is 18.8. The molecule has 4 atom stereocenters. The Balaban J connectivity index is 1.84. The van der Waals surface area contributed by atoms with Crippen LogP contribution in [0.2, 0.25) is 0 Å². The minimum absolute atomic E-state index is 0.0111. The minimum Gasteiger partial charge on any atom is -0.549 e. The maximum atomic E-state index is 14.6. The van der Waals surface area contributed by atoms with Crippen molar-refractivity contribution < 1.29 is 155 Å². The van der Waals surface area contributed by atoms with E-state index in [1.807, 2.05) is 0 Å². The highest BCUT2D eigenvalue weighted by molar-refractivity contribution is 5.90. The van der Waals surface area contributed by atoms with Crippen molar-refractivity contribution >= 4 is 119 Å². The smallest absolute Gasteiger partial charge is 0.319 e. The van der Waals surface area contributed by atoms with Gasteiger partial charge in [-0.05, 0) is 27.7 Å². The molecule has 4 rings (SSSR count). The van der Waals surface area contributed by atoms with Crippen LogP contribution in [0.25, 0.3) is 0 Å². The van der Waals surface area contributed by atoms with E-state index in [1.165, 1.54) is 90.0 Å². The van der Waals surface area contributed by atoms with Gasteiger partial charge in [-0.2, -0.15) is 0 Å². The van der Waals surface area contributed by atoms with Crippen LogP contribution in [0.3, 0.4) is 0 Å². The maximum absolute atomic E-state index is 14.6. The van der Waals surface area contributed by atoms with Crippen molar-refractivity contribution in [2.75, 3.05) is 383 Å². The number of carbonyl (C=O) groups is 20. The summed E-state index contributed by atoms with van der Waals surface area (Å²) in [4.78, 5) is 290. The van der Waals surface area contributed by atoms with Gasteiger partial charge in [-0.25, -0.2) is 0 Å². The summed E-state index contributed by atoms with van der Waals surface area (Å²) in [5, 5.41) is 93.2. The van der Waals surface area contributed by atoms with Crippen molar-refractivity contribution in [3.05, 3.63) is 0 Å². The topological polar surface area (TPSA) is 683 Å². The molecule has 4 saturated heterocycles. The molecule has 8 N–H and O–H groups in total. The molecule has 0 bridgehead atoms. The fourth-order valence-corrected chi connectivity index (χ4v) is 15.9. The third-order valence-electron chi connectivity index (χ3n) is 25.1. The molecule has 0 aromatic heterocycles. The monoisotopic (exact) mass is 2040 g/mol. The van der Waals surface area contributed by atoms with Crippen LogP contribution in [0.15, 0.2) is 0 Å². The van der Waals surface area contributed by atoms with E-state index >= 15 is 0 Å². The van der Waals surface area contributed by atoms with Gasteiger partial charge in [0.25, 0.3) is 0 Å². The number of esters is 6. The number of amides is 8. The highest BCUT2D eigenvalue weighted by atomic mass is 16.5. The van der Waals surface area contributed by atoms with Crippen molar-refractivity contribution in [1.82, 2.24) is 121 Å². The number of nitrogens with zero attached hydrogens (tertiary/aromatic N) is 16. The van der Waals surface area contributed by atoms with Gasteiger partial charge in [0.15, 0.2) is 0 Å². The number of carboxylic acid groups (broad SMARTS) is 6. The zero-order chi connectivity index (χ0) is 106. The molecule has 56 heteroatoms. The van der Waals surface area contributed by atoms with Crippen LogP contribution in [0.4, 0.5) is 0 Å². The summed E-state index contributed by atoms with van der Waals surface area (Å²) in [5.41, 5.74) is -1.87. The average molecular weight is 2040 g/mol. The zero-order valence-corrected chi connectivity index (χ0v) is 83.8. The first-order valence-corrected chi connectivity index (χ1v) is 47.3. The van der Waals surface area contributed by atoms with Crippen LogP contribution in [0.5, 0.6) is 0 Å².